The monoisotopic (exact) mass is 414 g/mol. The number of nitrogens with one attached hydrogen (secondary N) is 1. The highest BCUT2D eigenvalue weighted by Crippen LogP contribution is 2.32. The highest BCUT2D eigenvalue weighted by atomic mass is 32.2. The van der Waals surface area contributed by atoms with Crippen molar-refractivity contribution in [2.45, 2.75) is 4.90 Å². The molecule has 0 saturated heterocycles. The number of imidazole rings is 1. The van der Waals surface area contributed by atoms with Crippen molar-refractivity contribution in [3.8, 4) is 17.3 Å². The van der Waals surface area contributed by atoms with Gasteiger partial charge in [0.15, 0.2) is 0 Å². The first-order chi connectivity index (χ1) is 13.3. The molecular formula is C18H19N6O2PS. The van der Waals surface area contributed by atoms with E-state index in [1.165, 1.54) is 17.5 Å². The van der Waals surface area contributed by atoms with Gasteiger partial charge in [-0.2, -0.15) is 9.57 Å². The Labute approximate surface area is 166 Å². The van der Waals surface area contributed by atoms with Gasteiger partial charge in [0, 0.05) is 44.0 Å². The van der Waals surface area contributed by atoms with Crippen molar-refractivity contribution in [3.63, 3.8) is 0 Å². The van der Waals surface area contributed by atoms with Crippen LogP contribution in [0.5, 0.6) is 0 Å². The lowest BCUT2D eigenvalue weighted by Gasteiger charge is -2.17. The fourth-order valence-corrected chi connectivity index (χ4v) is 4.16. The summed E-state index contributed by atoms with van der Waals surface area (Å²) < 4.78 is 28.5. The minimum Gasteiger partial charge on any atom is -0.340 e. The fourth-order valence-electron chi connectivity index (χ4n) is 2.51. The fraction of sp³-hybridized carbons (Fsp3) is 0.167. The van der Waals surface area contributed by atoms with Gasteiger partial charge in [0.2, 0.25) is 10.0 Å². The van der Waals surface area contributed by atoms with Crippen molar-refractivity contribution < 1.29 is 8.42 Å². The Bertz CT molecular complexity index is 1140. The van der Waals surface area contributed by atoms with Gasteiger partial charge < -0.3 is 9.88 Å². The number of aryl methyl sites for hydroxylation is 1. The first-order valence-corrected chi connectivity index (χ1v) is 10.5. The molecular weight excluding hydrogens is 395 g/mol. The molecule has 1 N–H and O–H groups in total. The van der Waals surface area contributed by atoms with Crippen molar-refractivity contribution in [3.05, 3.63) is 54.6 Å². The Morgan fingerprint density at radius 2 is 2.07 bits per heavy atom. The second-order valence-corrected chi connectivity index (χ2v) is 8.50. The highest BCUT2D eigenvalue weighted by molar-refractivity contribution is 7.89. The molecule has 0 bridgehead atoms. The zero-order chi connectivity index (χ0) is 20.3. The summed E-state index contributed by atoms with van der Waals surface area (Å²) >= 11 is 0. The summed E-state index contributed by atoms with van der Waals surface area (Å²) in [5.74, 6) is 0.536. The SMILES string of the molecule is CN(CP)S(=O)(=O)c1ccc(Nc2ccc(C#N)cn2)c(-c2cn(C)cn2)c1. The molecule has 1 aromatic carbocycles. The molecule has 2 aromatic heterocycles. The molecule has 0 fully saturated rings. The van der Waals surface area contributed by atoms with E-state index in [1.54, 1.807) is 41.2 Å². The summed E-state index contributed by atoms with van der Waals surface area (Å²) in [7, 11) is 2.15. The molecule has 0 spiro atoms. The predicted molar refractivity (Wildman–Crippen MR) is 110 cm³/mol. The Kier molecular flexibility index (Phi) is 5.75. The van der Waals surface area contributed by atoms with Crippen LogP contribution in [-0.2, 0) is 17.1 Å². The van der Waals surface area contributed by atoms with Gasteiger partial charge in [-0.15, -0.1) is 9.24 Å². The van der Waals surface area contributed by atoms with E-state index in [1.807, 2.05) is 19.3 Å². The van der Waals surface area contributed by atoms with E-state index in [2.05, 4.69) is 24.5 Å². The smallest absolute Gasteiger partial charge is 0.243 e. The summed E-state index contributed by atoms with van der Waals surface area (Å²) in [5, 5.41) is 12.1. The molecule has 1 atom stereocenters. The maximum Gasteiger partial charge on any atom is 0.243 e. The Balaban J connectivity index is 2.07. The van der Waals surface area contributed by atoms with Crippen LogP contribution in [0.2, 0.25) is 0 Å². The van der Waals surface area contributed by atoms with E-state index in [-0.39, 0.29) is 11.2 Å². The molecule has 28 heavy (non-hydrogen) atoms. The quantitative estimate of drug-likeness (QED) is 0.622. The second-order valence-electron chi connectivity index (χ2n) is 6.09. The molecule has 10 heteroatoms. The maximum absolute atomic E-state index is 12.7. The van der Waals surface area contributed by atoms with Gasteiger partial charge in [0.1, 0.15) is 11.9 Å². The van der Waals surface area contributed by atoms with Crippen molar-refractivity contribution >= 4 is 30.8 Å². The first kappa shape index (κ1) is 20.0. The number of hydrogen-bond donors (Lipinski definition) is 1. The highest BCUT2D eigenvalue weighted by Gasteiger charge is 2.21. The second kappa shape index (κ2) is 8.07. The van der Waals surface area contributed by atoms with Gasteiger partial charge in [-0.3, -0.25) is 0 Å². The van der Waals surface area contributed by atoms with Gasteiger partial charge in [0.25, 0.3) is 0 Å². The van der Waals surface area contributed by atoms with Gasteiger partial charge in [0.05, 0.1) is 22.5 Å². The number of hydrogen-bond acceptors (Lipinski definition) is 6. The number of aromatic nitrogens is 3. The summed E-state index contributed by atoms with van der Waals surface area (Å²) in [5.41, 5.74) is 2.37. The number of benzene rings is 1. The molecule has 1 unspecified atom stereocenters. The maximum atomic E-state index is 12.7. The van der Waals surface area contributed by atoms with Crippen LogP contribution in [0.25, 0.3) is 11.3 Å². The molecule has 3 aromatic rings. The molecule has 2 heterocycles. The van der Waals surface area contributed by atoms with Crippen molar-refractivity contribution in [1.29, 1.82) is 5.26 Å². The van der Waals surface area contributed by atoms with Crippen LogP contribution in [0.15, 0.2) is 53.9 Å². The molecule has 0 radical (unpaired) electrons. The number of anilines is 2. The summed E-state index contributed by atoms with van der Waals surface area (Å²) in [4.78, 5) is 8.74. The van der Waals surface area contributed by atoms with Crippen molar-refractivity contribution in [2.75, 3.05) is 18.7 Å². The number of pyridine rings is 1. The number of sulfonamides is 1. The van der Waals surface area contributed by atoms with Gasteiger partial charge >= 0.3 is 0 Å². The normalized spacial score (nSPS) is 11.4. The molecule has 0 amide bonds. The summed E-state index contributed by atoms with van der Waals surface area (Å²) in [6, 6.07) is 10.2. The van der Waals surface area contributed by atoms with Gasteiger partial charge in [-0.25, -0.2) is 18.4 Å². The van der Waals surface area contributed by atoms with Crippen LogP contribution < -0.4 is 5.32 Å². The molecule has 0 aliphatic carbocycles. The number of rotatable bonds is 6. The largest absolute Gasteiger partial charge is 0.340 e. The number of nitrogens with zero attached hydrogens (tertiary/aromatic N) is 5. The van der Waals surface area contributed by atoms with Crippen molar-refractivity contribution in [1.82, 2.24) is 18.8 Å². The average molecular weight is 414 g/mol. The minimum atomic E-state index is -3.61. The summed E-state index contributed by atoms with van der Waals surface area (Å²) in [6.07, 6.45) is 5.21. The molecule has 3 rings (SSSR count). The third-order valence-electron chi connectivity index (χ3n) is 4.09. The lowest BCUT2D eigenvalue weighted by atomic mass is 10.1. The predicted octanol–water partition coefficient (Wildman–Crippen LogP) is 2.55. The lowest BCUT2D eigenvalue weighted by molar-refractivity contribution is 0.513. The van der Waals surface area contributed by atoms with Gasteiger partial charge in [-0.1, -0.05) is 0 Å². The zero-order valence-electron chi connectivity index (χ0n) is 15.4. The van der Waals surface area contributed by atoms with E-state index in [4.69, 9.17) is 5.26 Å². The standard InChI is InChI=1S/C18H19N6O2PS/c1-23-10-17(21-11-23)15-7-14(28(25,26)24(2)12-27)4-5-16(15)22-18-6-3-13(8-19)9-20-18/h3-7,9-11H,12,27H2,1-2H3,(H,20,22). The molecule has 144 valence electrons. The van der Waals surface area contributed by atoms with E-state index in [0.29, 0.717) is 28.3 Å². The first-order valence-electron chi connectivity index (χ1n) is 8.27. The van der Waals surface area contributed by atoms with Crippen LogP contribution in [0.4, 0.5) is 11.5 Å². The number of nitriles is 1. The molecule has 8 nitrogen and oxygen atoms in total. The van der Waals surface area contributed by atoms with Crippen molar-refractivity contribution in [2.24, 2.45) is 7.05 Å². The lowest BCUT2D eigenvalue weighted by Crippen LogP contribution is -2.25. The van der Waals surface area contributed by atoms with Crippen LogP contribution in [0.1, 0.15) is 5.56 Å². The third kappa shape index (κ3) is 4.04. The Hall–Kier alpha value is -2.79. The third-order valence-corrected chi connectivity index (χ3v) is 6.72. The Morgan fingerprint density at radius 1 is 1.29 bits per heavy atom. The Morgan fingerprint density at radius 3 is 2.64 bits per heavy atom. The van der Waals surface area contributed by atoms with Crippen LogP contribution >= 0.6 is 9.24 Å². The zero-order valence-corrected chi connectivity index (χ0v) is 17.3. The molecule has 0 aliphatic rings. The van der Waals surface area contributed by atoms with Gasteiger partial charge in [-0.05, 0) is 30.3 Å². The minimum absolute atomic E-state index is 0.177. The summed E-state index contributed by atoms with van der Waals surface area (Å²) in [6.45, 7) is 0. The average Bonchev–Trinajstić information content (AvgIpc) is 3.14. The molecule has 0 saturated carbocycles. The van der Waals surface area contributed by atoms with E-state index in [0.717, 1.165) is 0 Å². The van der Waals surface area contributed by atoms with E-state index < -0.39 is 10.0 Å². The van der Waals surface area contributed by atoms with E-state index >= 15 is 0 Å². The van der Waals surface area contributed by atoms with E-state index in [9.17, 15) is 8.42 Å². The topological polar surface area (TPSA) is 104 Å². The van der Waals surface area contributed by atoms with Crippen LogP contribution in [0.3, 0.4) is 0 Å². The van der Waals surface area contributed by atoms with Crippen LogP contribution in [0, 0.1) is 11.3 Å². The molecule has 0 aliphatic heterocycles. The van der Waals surface area contributed by atoms with Crippen LogP contribution in [-0.4, -0.2) is 40.6 Å².